The van der Waals surface area contributed by atoms with Gasteiger partial charge in [0, 0.05) is 5.56 Å². The van der Waals surface area contributed by atoms with Gasteiger partial charge < -0.3 is 5.11 Å². The molecule has 0 heterocycles. The van der Waals surface area contributed by atoms with E-state index in [-0.39, 0.29) is 5.75 Å². The lowest BCUT2D eigenvalue weighted by Crippen LogP contribution is -2.26. The van der Waals surface area contributed by atoms with Crippen molar-refractivity contribution in [1.82, 2.24) is 4.83 Å². The van der Waals surface area contributed by atoms with Crippen LogP contribution in [0, 0.1) is 0 Å². The minimum Gasteiger partial charge on any atom is -0.507 e. The van der Waals surface area contributed by atoms with Crippen molar-refractivity contribution in [2.24, 2.45) is 5.10 Å². The van der Waals surface area contributed by atoms with Crippen LogP contribution in [0.3, 0.4) is 0 Å². The van der Waals surface area contributed by atoms with E-state index in [0.29, 0.717) is 5.56 Å². The van der Waals surface area contributed by atoms with E-state index in [1.165, 1.54) is 12.3 Å². The van der Waals surface area contributed by atoms with Crippen LogP contribution < -0.4 is 4.83 Å². The van der Waals surface area contributed by atoms with Crippen molar-refractivity contribution in [1.29, 1.82) is 0 Å². The maximum atomic E-state index is 11.3. The van der Waals surface area contributed by atoms with Crippen LogP contribution in [-0.2, 0) is 10.0 Å². The van der Waals surface area contributed by atoms with E-state index in [1.807, 2.05) is 0 Å². The fourth-order valence-corrected chi connectivity index (χ4v) is 1.28. The maximum Gasteiger partial charge on any atom is 0.249 e. The average Bonchev–Trinajstić information content (AvgIpc) is 2.20. The molecule has 0 amide bonds. The van der Waals surface area contributed by atoms with Gasteiger partial charge >= 0.3 is 0 Å². The van der Waals surface area contributed by atoms with Crippen molar-refractivity contribution in [3.8, 4) is 5.75 Å². The Kier molecular flexibility index (Phi) is 3.89. The second kappa shape index (κ2) is 4.98. The number of nitrogens with one attached hydrogen (secondary N) is 1. The molecule has 0 fully saturated rings. The highest BCUT2D eigenvalue weighted by Crippen LogP contribution is 2.12. The number of benzene rings is 1. The lowest BCUT2D eigenvalue weighted by atomic mass is 10.2. The molecule has 0 radical (unpaired) electrons. The van der Waals surface area contributed by atoms with Gasteiger partial charge in [0.05, 0.1) is 11.5 Å². The van der Waals surface area contributed by atoms with Gasteiger partial charge in [-0.1, -0.05) is 12.1 Å². The highest BCUT2D eigenvalue weighted by Gasteiger charge is 2.13. The lowest BCUT2D eigenvalue weighted by Gasteiger charge is -2.05. The molecule has 1 rings (SSSR count). The first kappa shape index (κ1) is 12.5. The predicted octanol–water partition coefficient (Wildman–Crippen LogP) is 1.05. The molecule has 5 nitrogen and oxygen atoms in total. The Bertz CT molecular complexity index is 481. The molecule has 0 unspecified atom stereocenters. The first-order chi connectivity index (χ1) is 7.43. The van der Waals surface area contributed by atoms with E-state index in [9.17, 15) is 13.5 Å². The van der Waals surface area contributed by atoms with E-state index in [4.69, 9.17) is 0 Å². The summed E-state index contributed by atoms with van der Waals surface area (Å²) in [6.45, 7) is 3.11. The number of aromatic hydroxyl groups is 1. The monoisotopic (exact) mass is 242 g/mol. The summed E-state index contributed by atoms with van der Waals surface area (Å²) in [6, 6.07) is 6.52. The SMILES string of the molecule is CC(C)S(=O)(=O)NN=Cc1ccccc1O. The summed E-state index contributed by atoms with van der Waals surface area (Å²) in [7, 11) is -3.41. The summed E-state index contributed by atoms with van der Waals surface area (Å²) < 4.78 is 22.6. The topological polar surface area (TPSA) is 78.8 Å². The van der Waals surface area contributed by atoms with Crippen LogP contribution in [0.5, 0.6) is 5.75 Å². The van der Waals surface area contributed by atoms with Crippen molar-refractivity contribution < 1.29 is 13.5 Å². The van der Waals surface area contributed by atoms with Crippen molar-refractivity contribution in [3.63, 3.8) is 0 Å². The summed E-state index contributed by atoms with van der Waals surface area (Å²) in [5, 5.41) is 12.4. The van der Waals surface area contributed by atoms with Crippen LogP contribution in [0.1, 0.15) is 19.4 Å². The third kappa shape index (κ3) is 3.23. The fraction of sp³-hybridized carbons (Fsp3) is 0.300. The van der Waals surface area contributed by atoms with Crippen molar-refractivity contribution in [3.05, 3.63) is 29.8 Å². The molecule has 0 saturated carbocycles. The molecule has 1 aromatic rings. The number of hydrogen-bond acceptors (Lipinski definition) is 4. The molecule has 0 aliphatic rings. The number of nitrogens with zero attached hydrogens (tertiary/aromatic N) is 1. The molecule has 0 saturated heterocycles. The number of hydrazone groups is 1. The van der Waals surface area contributed by atoms with Crippen LogP contribution in [0.25, 0.3) is 0 Å². The molecule has 0 spiro atoms. The average molecular weight is 242 g/mol. The van der Waals surface area contributed by atoms with Crippen molar-refractivity contribution in [2.75, 3.05) is 0 Å². The van der Waals surface area contributed by atoms with Crippen molar-refractivity contribution >= 4 is 16.2 Å². The van der Waals surface area contributed by atoms with Crippen LogP contribution in [-0.4, -0.2) is 25.0 Å². The zero-order chi connectivity index (χ0) is 12.2. The number of phenolic OH excluding ortho intramolecular Hbond substituents is 1. The molecule has 2 N–H and O–H groups in total. The quantitative estimate of drug-likeness (QED) is 0.612. The number of sulfonamides is 1. The minimum atomic E-state index is -3.41. The molecule has 0 aliphatic heterocycles. The van der Waals surface area contributed by atoms with Crippen LogP contribution in [0.4, 0.5) is 0 Å². The first-order valence-electron chi connectivity index (χ1n) is 4.75. The van der Waals surface area contributed by atoms with Gasteiger partial charge in [-0.3, -0.25) is 0 Å². The van der Waals surface area contributed by atoms with E-state index in [1.54, 1.807) is 32.0 Å². The van der Waals surface area contributed by atoms with Crippen molar-refractivity contribution in [2.45, 2.75) is 19.1 Å². The largest absolute Gasteiger partial charge is 0.507 e. The van der Waals surface area contributed by atoms with Gasteiger partial charge in [0.1, 0.15) is 5.75 Å². The normalized spacial score (nSPS) is 12.2. The zero-order valence-corrected chi connectivity index (χ0v) is 9.90. The Balaban J connectivity index is 2.74. The number of hydrogen-bond donors (Lipinski definition) is 2. The molecule has 0 bridgehead atoms. The molecule has 16 heavy (non-hydrogen) atoms. The Labute approximate surface area is 94.9 Å². The fourth-order valence-electron chi connectivity index (χ4n) is 0.871. The number of rotatable bonds is 4. The van der Waals surface area contributed by atoms with E-state index in [2.05, 4.69) is 9.93 Å². The summed E-state index contributed by atoms with van der Waals surface area (Å²) in [5.41, 5.74) is 0.453. The number of para-hydroxylation sites is 1. The second-order valence-electron chi connectivity index (χ2n) is 3.50. The Morgan fingerprint density at radius 1 is 1.38 bits per heavy atom. The summed E-state index contributed by atoms with van der Waals surface area (Å²) in [6.07, 6.45) is 1.26. The molecule has 6 heteroatoms. The zero-order valence-electron chi connectivity index (χ0n) is 9.08. The van der Waals surface area contributed by atoms with Gasteiger partial charge in [-0.15, -0.1) is 0 Å². The maximum absolute atomic E-state index is 11.3. The van der Waals surface area contributed by atoms with Gasteiger partial charge in [-0.05, 0) is 26.0 Å². The molecular weight excluding hydrogens is 228 g/mol. The molecular formula is C10H14N2O3S. The molecule has 1 aromatic carbocycles. The molecule has 0 aliphatic carbocycles. The van der Waals surface area contributed by atoms with Gasteiger partial charge in [-0.25, -0.2) is 13.2 Å². The summed E-state index contributed by atoms with van der Waals surface area (Å²) in [4.78, 5) is 2.06. The molecule has 88 valence electrons. The van der Waals surface area contributed by atoms with Crippen LogP contribution >= 0.6 is 0 Å². The van der Waals surface area contributed by atoms with E-state index in [0.717, 1.165) is 0 Å². The van der Waals surface area contributed by atoms with Gasteiger partial charge in [0.15, 0.2) is 0 Å². The van der Waals surface area contributed by atoms with Gasteiger partial charge in [-0.2, -0.15) is 5.10 Å². The summed E-state index contributed by atoms with van der Waals surface area (Å²) in [5.74, 6) is 0.0509. The predicted molar refractivity (Wildman–Crippen MR) is 62.9 cm³/mol. The first-order valence-corrected chi connectivity index (χ1v) is 6.30. The lowest BCUT2D eigenvalue weighted by molar-refractivity contribution is 0.474. The Morgan fingerprint density at radius 2 is 2.00 bits per heavy atom. The number of phenols is 1. The van der Waals surface area contributed by atoms with Crippen LogP contribution in [0.15, 0.2) is 29.4 Å². The smallest absolute Gasteiger partial charge is 0.249 e. The molecule has 0 aromatic heterocycles. The van der Waals surface area contributed by atoms with Crippen LogP contribution in [0.2, 0.25) is 0 Å². The minimum absolute atomic E-state index is 0.0509. The molecule has 0 atom stereocenters. The third-order valence-corrected chi connectivity index (χ3v) is 3.54. The Hall–Kier alpha value is -1.56. The summed E-state index contributed by atoms with van der Waals surface area (Å²) >= 11 is 0. The van der Waals surface area contributed by atoms with E-state index >= 15 is 0 Å². The second-order valence-corrected chi connectivity index (χ2v) is 5.72. The van der Waals surface area contributed by atoms with E-state index < -0.39 is 15.3 Å². The van der Waals surface area contributed by atoms with Gasteiger partial charge in [0.25, 0.3) is 0 Å². The highest BCUT2D eigenvalue weighted by molar-refractivity contribution is 7.90. The third-order valence-electron chi connectivity index (χ3n) is 1.94. The Morgan fingerprint density at radius 3 is 2.56 bits per heavy atom. The highest BCUT2D eigenvalue weighted by atomic mass is 32.2. The van der Waals surface area contributed by atoms with Gasteiger partial charge in [0.2, 0.25) is 10.0 Å². The standard InChI is InChI=1S/C10H14N2O3S/c1-8(2)16(14,15)12-11-7-9-5-3-4-6-10(9)13/h3-8,12-13H,1-2H3.